The first-order valence-electron chi connectivity index (χ1n) is 11.6. The van der Waals surface area contributed by atoms with Crippen molar-refractivity contribution in [3.05, 3.63) is 89.5 Å². The van der Waals surface area contributed by atoms with Gasteiger partial charge in [-0.25, -0.2) is 9.59 Å². The number of nitrogens with one attached hydrogen (secondary N) is 1. The van der Waals surface area contributed by atoms with Crippen molar-refractivity contribution < 1.29 is 24.2 Å². The van der Waals surface area contributed by atoms with E-state index in [9.17, 15) is 14.4 Å². The molecule has 0 saturated carbocycles. The van der Waals surface area contributed by atoms with Crippen LogP contribution in [0.15, 0.2) is 72.8 Å². The largest absolute Gasteiger partial charge is 0.478 e. The molecular formula is C28H28N2O5. The molecule has 180 valence electrons. The van der Waals surface area contributed by atoms with E-state index in [0.717, 1.165) is 22.3 Å². The molecule has 7 nitrogen and oxygen atoms in total. The Balaban J connectivity index is 1.34. The first-order chi connectivity index (χ1) is 16.9. The second kappa shape index (κ2) is 10.4. The zero-order chi connectivity index (χ0) is 24.9. The minimum Gasteiger partial charge on any atom is -0.478 e. The van der Waals surface area contributed by atoms with Crippen LogP contribution >= 0.6 is 0 Å². The number of anilines is 1. The number of aromatic carboxylic acids is 1. The van der Waals surface area contributed by atoms with Gasteiger partial charge in [-0.15, -0.1) is 0 Å². The van der Waals surface area contributed by atoms with Crippen LogP contribution < -0.4 is 10.2 Å². The number of fused-ring (bicyclic) bond motifs is 3. The number of carbonyl (C=O) groups excluding carboxylic acids is 2. The van der Waals surface area contributed by atoms with E-state index in [0.29, 0.717) is 12.1 Å². The van der Waals surface area contributed by atoms with Crippen LogP contribution in [0.2, 0.25) is 0 Å². The lowest BCUT2D eigenvalue weighted by molar-refractivity contribution is -0.118. The van der Waals surface area contributed by atoms with Crippen molar-refractivity contribution in [3.8, 4) is 11.1 Å². The Morgan fingerprint density at radius 3 is 2.06 bits per heavy atom. The van der Waals surface area contributed by atoms with E-state index < -0.39 is 12.1 Å². The van der Waals surface area contributed by atoms with E-state index in [1.165, 1.54) is 17.0 Å². The van der Waals surface area contributed by atoms with Crippen LogP contribution in [0.25, 0.3) is 11.1 Å². The Hall–Kier alpha value is -4.13. The minimum absolute atomic E-state index is 0.0326. The van der Waals surface area contributed by atoms with Gasteiger partial charge >= 0.3 is 12.1 Å². The lowest BCUT2D eigenvalue weighted by atomic mass is 9.98. The van der Waals surface area contributed by atoms with Crippen LogP contribution in [0.3, 0.4) is 0 Å². The molecule has 0 heterocycles. The molecule has 2 amide bonds. The molecule has 0 saturated heterocycles. The molecule has 3 aromatic carbocycles. The summed E-state index contributed by atoms with van der Waals surface area (Å²) in [4.78, 5) is 37.9. The highest BCUT2D eigenvalue weighted by Gasteiger charge is 2.29. The van der Waals surface area contributed by atoms with Crippen molar-refractivity contribution in [3.63, 3.8) is 0 Å². The summed E-state index contributed by atoms with van der Waals surface area (Å²) in [7, 11) is 1.62. The molecule has 2 N–H and O–H groups in total. The molecule has 1 atom stereocenters. The van der Waals surface area contributed by atoms with Gasteiger partial charge in [-0.3, -0.25) is 4.79 Å². The fourth-order valence-electron chi connectivity index (χ4n) is 4.42. The van der Waals surface area contributed by atoms with Gasteiger partial charge in [-0.05, 0) is 52.9 Å². The highest BCUT2D eigenvalue weighted by molar-refractivity contribution is 5.94. The number of carbonyl (C=O) groups is 3. The van der Waals surface area contributed by atoms with Crippen LogP contribution in [0.5, 0.6) is 0 Å². The maximum atomic E-state index is 12.8. The van der Waals surface area contributed by atoms with Crippen molar-refractivity contribution in [2.45, 2.75) is 31.7 Å². The van der Waals surface area contributed by atoms with E-state index in [2.05, 4.69) is 29.6 Å². The molecule has 1 aliphatic rings. The zero-order valence-electron chi connectivity index (χ0n) is 19.7. The second-order valence-electron chi connectivity index (χ2n) is 8.58. The lowest BCUT2D eigenvalue weighted by Gasteiger charge is -2.22. The van der Waals surface area contributed by atoms with Crippen LogP contribution in [0.4, 0.5) is 10.5 Å². The van der Waals surface area contributed by atoms with Crippen LogP contribution in [-0.2, 0) is 9.53 Å². The van der Waals surface area contributed by atoms with Crippen molar-refractivity contribution in [1.82, 2.24) is 5.32 Å². The Morgan fingerprint density at radius 2 is 1.51 bits per heavy atom. The number of hydrogen-bond acceptors (Lipinski definition) is 4. The molecule has 0 aromatic heterocycles. The van der Waals surface area contributed by atoms with Crippen molar-refractivity contribution in [1.29, 1.82) is 0 Å². The summed E-state index contributed by atoms with van der Waals surface area (Å²) in [6.45, 7) is 2.10. The van der Waals surface area contributed by atoms with Crippen LogP contribution in [0.1, 0.15) is 47.2 Å². The van der Waals surface area contributed by atoms with E-state index in [4.69, 9.17) is 9.84 Å². The third-order valence-electron chi connectivity index (χ3n) is 6.46. The molecule has 0 unspecified atom stereocenters. The minimum atomic E-state index is -1.02. The van der Waals surface area contributed by atoms with E-state index >= 15 is 0 Å². The van der Waals surface area contributed by atoms with Crippen LogP contribution in [-0.4, -0.2) is 42.8 Å². The molecule has 0 fully saturated rings. The molecule has 35 heavy (non-hydrogen) atoms. The third-order valence-corrected chi connectivity index (χ3v) is 6.46. The number of ether oxygens (including phenoxy) is 1. The molecular weight excluding hydrogens is 444 g/mol. The molecule has 0 radical (unpaired) electrons. The third kappa shape index (κ3) is 5.19. The maximum absolute atomic E-state index is 12.8. The normalized spacial score (nSPS) is 12.9. The summed E-state index contributed by atoms with van der Waals surface area (Å²) in [6.07, 6.45) is 0.0968. The van der Waals surface area contributed by atoms with Gasteiger partial charge in [-0.1, -0.05) is 55.5 Å². The first kappa shape index (κ1) is 24.0. The summed E-state index contributed by atoms with van der Waals surface area (Å²) in [5.74, 6) is -1.25. The van der Waals surface area contributed by atoms with Gasteiger partial charge < -0.3 is 20.1 Å². The monoisotopic (exact) mass is 472 g/mol. The first-order valence-corrected chi connectivity index (χ1v) is 11.6. The smallest absolute Gasteiger partial charge is 0.407 e. The van der Waals surface area contributed by atoms with Gasteiger partial charge in [0.1, 0.15) is 6.61 Å². The molecule has 7 heteroatoms. The molecule has 0 spiro atoms. The van der Waals surface area contributed by atoms with Gasteiger partial charge in [0.05, 0.1) is 5.56 Å². The number of carboxylic acids is 1. The summed E-state index contributed by atoms with van der Waals surface area (Å²) < 4.78 is 5.60. The number of carboxylic acid groups (broad SMARTS) is 1. The Labute approximate surface area is 204 Å². The van der Waals surface area contributed by atoms with Crippen molar-refractivity contribution in [2.75, 3.05) is 18.6 Å². The van der Waals surface area contributed by atoms with Crippen molar-refractivity contribution in [2.24, 2.45) is 0 Å². The Kier molecular flexibility index (Phi) is 7.15. The highest BCUT2D eigenvalue weighted by atomic mass is 16.5. The molecule has 0 aliphatic heterocycles. The topological polar surface area (TPSA) is 95.9 Å². The summed E-state index contributed by atoms with van der Waals surface area (Å²) >= 11 is 0. The fourth-order valence-corrected chi connectivity index (χ4v) is 4.42. The summed E-state index contributed by atoms with van der Waals surface area (Å²) in [6, 6.07) is 22.0. The van der Waals surface area contributed by atoms with Crippen LogP contribution in [0, 0.1) is 0 Å². The number of nitrogens with zero attached hydrogens (tertiary/aromatic N) is 1. The quantitative estimate of drug-likeness (QED) is 0.478. The zero-order valence-corrected chi connectivity index (χ0v) is 19.7. The van der Waals surface area contributed by atoms with Gasteiger partial charge in [-0.2, -0.15) is 0 Å². The fraction of sp³-hybridized carbons (Fsp3) is 0.250. The number of alkyl carbamates (subject to hydrolysis) is 1. The number of amides is 2. The summed E-state index contributed by atoms with van der Waals surface area (Å²) in [5, 5.41) is 11.8. The standard InChI is InChI=1S/C28H28N2O5/c1-3-19(16-26(31)30(2)20-14-12-18(13-15-20)27(32)33)29-28(34)35-17-25-23-10-6-4-8-21(23)22-9-5-7-11-24(22)25/h4-15,19,25H,3,16-17H2,1-2H3,(H,29,34)(H,32,33)/t19-/m0/s1. The lowest BCUT2D eigenvalue weighted by Crippen LogP contribution is -2.40. The van der Waals surface area contributed by atoms with Gasteiger partial charge in [0, 0.05) is 31.1 Å². The molecule has 1 aliphatic carbocycles. The second-order valence-corrected chi connectivity index (χ2v) is 8.58. The van der Waals surface area contributed by atoms with E-state index in [1.807, 2.05) is 31.2 Å². The maximum Gasteiger partial charge on any atom is 0.407 e. The number of rotatable bonds is 8. The van der Waals surface area contributed by atoms with Gasteiger partial charge in [0.25, 0.3) is 0 Å². The molecule has 4 rings (SSSR count). The number of hydrogen-bond donors (Lipinski definition) is 2. The van der Waals surface area contributed by atoms with Gasteiger partial charge in [0.15, 0.2) is 0 Å². The average Bonchev–Trinajstić information content (AvgIpc) is 3.20. The number of benzene rings is 3. The van der Waals surface area contributed by atoms with Crippen molar-refractivity contribution >= 4 is 23.7 Å². The predicted octanol–water partition coefficient (Wildman–Crippen LogP) is 5.06. The average molecular weight is 473 g/mol. The Morgan fingerprint density at radius 1 is 0.943 bits per heavy atom. The van der Waals surface area contributed by atoms with E-state index in [1.54, 1.807) is 19.2 Å². The predicted molar refractivity (Wildman–Crippen MR) is 134 cm³/mol. The Bertz CT molecular complexity index is 1190. The molecule has 3 aromatic rings. The SMILES string of the molecule is CC[C@@H](CC(=O)N(C)c1ccc(C(=O)O)cc1)NC(=O)OCC1c2ccccc2-c2ccccc21. The van der Waals surface area contributed by atoms with E-state index in [-0.39, 0.29) is 36.5 Å². The summed E-state index contributed by atoms with van der Waals surface area (Å²) in [5.41, 5.74) is 5.33. The molecule has 0 bridgehead atoms. The highest BCUT2D eigenvalue weighted by Crippen LogP contribution is 2.44. The van der Waals surface area contributed by atoms with Gasteiger partial charge in [0.2, 0.25) is 5.91 Å².